The molecule has 2 nitrogen and oxygen atoms in total. The molecule has 10 heavy (non-hydrogen) atoms. The summed E-state index contributed by atoms with van der Waals surface area (Å²) in [5, 5.41) is 17.6. The molecule has 0 amide bonds. The van der Waals surface area contributed by atoms with Gasteiger partial charge in [0.25, 0.3) is 0 Å². The van der Waals surface area contributed by atoms with Gasteiger partial charge in [-0.2, -0.15) is 5.26 Å². The Morgan fingerprint density at radius 2 is 2.40 bits per heavy atom. The summed E-state index contributed by atoms with van der Waals surface area (Å²) in [6.45, 7) is 0. The molecule has 0 heterocycles. The minimum Gasteiger partial charge on any atom is -0.389 e. The fourth-order valence-electron chi connectivity index (χ4n) is 1.27. The van der Waals surface area contributed by atoms with Crippen LogP contribution in [0.15, 0.2) is 11.6 Å². The maximum atomic E-state index is 9.28. The average Bonchev–Trinajstić information content (AvgIpc) is 1.94. The highest BCUT2D eigenvalue weighted by atomic mass is 16.3. The first kappa shape index (κ1) is 7.30. The van der Waals surface area contributed by atoms with Gasteiger partial charge < -0.3 is 5.11 Å². The summed E-state index contributed by atoms with van der Waals surface area (Å²) in [4.78, 5) is 0. The van der Waals surface area contributed by atoms with Gasteiger partial charge in [0.05, 0.1) is 12.2 Å². The van der Waals surface area contributed by atoms with E-state index in [1.807, 2.05) is 6.07 Å². The van der Waals surface area contributed by atoms with Gasteiger partial charge >= 0.3 is 0 Å². The molecule has 1 fully saturated rings. The van der Waals surface area contributed by atoms with Gasteiger partial charge in [0.15, 0.2) is 0 Å². The number of hydrogen-bond donors (Lipinski definition) is 1. The van der Waals surface area contributed by atoms with Crippen molar-refractivity contribution in [2.24, 2.45) is 0 Å². The highest BCUT2D eigenvalue weighted by Crippen LogP contribution is 2.22. The minimum atomic E-state index is -0.339. The number of allylic oxidation sites excluding steroid dienone is 1. The van der Waals surface area contributed by atoms with Crippen LogP contribution in [0, 0.1) is 11.3 Å². The van der Waals surface area contributed by atoms with Crippen LogP contribution in [0.4, 0.5) is 0 Å². The maximum Gasteiger partial charge on any atom is 0.0912 e. The zero-order valence-corrected chi connectivity index (χ0v) is 5.88. The first-order valence-electron chi connectivity index (χ1n) is 3.61. The van der Waals surface area contributed by atoms with Crippen LogP contribution < -0.4 is 0 Å². The van der Waals surface area contributed by atoms with E-state index < -0.39 is 0 Å². The second-order valence-corrected chi connectivity index (χ2v) is 2.61. The summed E-state index contributed by atoms with van der Waals surface area (Å²) in [6, 6.07) is 1.95. The smallest absolute Gasteiger partial charge is 0.0912 e. The van der Waals surface area contributed by atoms with E-state index in [2.05, 4.69) is 0 Å². The van der Waals surface area contributed by atoms with Crippen molar-refractivity contribution in [1.82, 2.24) is 0 Å². The van der Waals surface area contributed by atoms with Gasteiger partial charge in [-0.1, -0.05) is 6.42 Å². The van der Waals surface area contributed by atoms with E-state index in [1.54, 1.807) is 0 Å². The molecule has 54 valence electrons. The molecule has 1 saturated carbocycles. The summed E-state index contributed by atoms with van der Waals surface area (Å²) in [5.74, 6) is 0. The van der Waals surface area contributed by atoms with Gasteiger partial charge in [0.1, 0.15) is 0 Å². The molecule has 0 saturated heterocycles. The lowest BCUT2D eigenvalue weighted by Crippen LogP contribution is -2.14. The van der Waals surface area contributed by atoms with Crippen LogP contribution in [0.2, 0.25) is 0 Å². The van der Waals surface area contributed by atoms with E-state index >= 15 is 0 Å². The van der Waals surface area contributed by atoms with E-state index in [0.29, 0.717) is 0 Å². The number of nitrogens with zero attached hydrogens (tertiary/aromatic N) is 1. The third-order valence-electron chi connectivity index (χ3n) is 1.87. The van der Waals surface area contributed by atoms with Crippen LogP contribution in [-0.2, 0) is 0 Å². The topological polar surface area (TPSA) is 44.0 Å². The first-order valence-corrected chi connectivity index (χ1v) is 3.61. The van der Waals surface area contributed by atoms with Gasteiger partial charge in [0.2, 0.25) is 0 Å². The molecule has 0 aromatic heterocycles. The van der Waals surface area contributed by atoms with Gasteiger partial charge in [-0.25, -0.2) is 0 Å². The Morgan fingerprint density at radius 1 is 1.60 bits per heavy atom. The molecule has 0 aromatic carbocycles. The second kappa shape index (κ2) is 3.38. The van der Waals surface area contributed by atoms with E-state index in [-0.39, 0.29) is 6.10 Å². The monoisotopic (exact) mass is 137 g/mol. The van der Waals surface area contributed by atoms with Crippen molar-refractivity contribution in [3.05, 3.63) is 11.6 Å². The summed E-state index contributed by atoms with van der Waals surface area (Å²) in [7, 11) is 0. The lowest BCUT2D eigenvalue weighted by molar-refractivity contribution is 0.178. The maximum absolute atomic E-state index is 9.28. The van der Waals surface area contributed by atoms with E-state index in [4.69, 9.17) is 5.26 Å². The van der Waals surface area contributed by atoms with Crippen LogP contribution in [0.1, 0.15) is 25.7 Å². The van der Waals surface area contributed by atoms with Crippen LogP contribution in [-0.4, -0.2) is 11.2 Å². The first-order chi connectivity index (χ1) is 4.84. The third-order valence-corrected chi connectivity index (χ3v) is 1.87. The molecule has 1 N–H and O–H groups in total. The number of hydrogen-bond acceptors (Lipinski definition) is 2. The Labute approximate surface area is 60.8 Å². The normalized spacial score (nSPS) is 30.0. The number of aliphatic hydroxyl groups is 1. The summed E-state index contributed by atoms with van der Waals surface area (Å²) >= 11 is 0. The van der Waals surface area contributed by atoms with Gasteiger partial charge in [-0.15, -0.1) is 0 Å². The predicted octanol–water partition coefficient (Wildman–Crippen LogP) is 1.37. The van der Waals surface area contributed by atoms with Crippen molar-refractivity contribution in [3.63, 3.8) is 0 Å². The van der Waals surface area contributed by atoms with Crippen LogP contribution in [0.3, 0.4) is 0 Å². The van der Waals surface area contributed by atoms with E-state index in [9.17, 15) is 5.11 Å². The zero-order chi connectivity index (χ0) is 7.40. The zero-order valence-electron chi connectivity index (χ0n) is 5.88. The molecule has 1 unspecified atom stereocenters. The summed E-state index contributed by atoms with van der Waals surface area (Å²) < 4.78 is 0. The van der Waals surface area contributed by atoms with Crippen molar-refractivity contribution >= 4 is 0 Å². The minimum absolute atomic E-state index is 0.339. The van der Waals surface area contributed by atoms with Crippen molar-refractivity contribution in [2.75, 3.05) is 0 Å². The van der Waals surface area contributed by atoms with Crippen molar-refractivity contribution < 1.29 is 5.11 Å². The van der Waals surface area contributed by atoms with Crippen LogP contribution >= 0.6 is 0 Å². The lowest BCUT2D eigenvalue weighted by Gasteiger charge is -2.18. The average molecular weight is 137 g/mol. The molecule has 0 aromatic rings. The standard InChI is InChI=1S/C8H11NO/c9-6-5-7-3-1-2-4-8(7)10/h5,8,10H,1-4H2/b7-5-. The number of aliphatic hydroxyl groups excluding tert-OH is 1. The fraction of sp³-hybridized carbons (Fsp3) is 0.625. The largest absolute Gasteiger partial charge is 0.389 e. The molecule has 2 heteroatoms. The van der Waals surface area contributed by atoms with Crippen molar-refractivity contribution in [1.29, 1.82) is 5.26 Å². The molecular formula is C8H11NO. The molecule has 1 atom stereocenters. The Bertz CT molecular complexity index is 178. The molecule has 0 aliphatic heterocycles. The number of rotatable bonds is 0. The van der Waals surface area contributed by atoms with E-state index in [1.165, 1.54) is 6.08 Å². The Kier molecular flexibility index (Phi) is 2.47. The highest BCUT2D eigenvalue weighted by molar-refractivity contribution is 5.18. The third kappa shape index (κ3) is 1.58. The molecular weight excluding hydrogens is 126 g/mol. The van der Waals surface area contributed by atoms with Crippen molar-refractivity contribution in [2.45, 2.75) is 31.8 Å². The quantitative estimate of drug-likeness (QED) is 0.512. The highest BCUT2D eigenvalue weighted by Gasteiger charge is 2.14. The van der Waals surface area contributed by atoms with Crippen LogP contribution in [0.25, 0.3) is 0 Å². The van der Waals surface area contributed by atoms with Gasteiger partial charge in [-0.05, 0) is 24.8 Å². The molecule has 1 rings (SSSR count). The molecule has 0 bridgehead atoms. The SMILES string of the molecule is N#C/C=C1/CCCCC1O. The summed E-state index contributed by atoms with van der Waals surface area (Å²) in [5.41, 5.74) is 0.911. The van der Waals surface area contributed by atoms with Crippen LogP contribution in [0.5, 0.6) is 0 Å². The lowest BCUT2D eigenvalue weighted by atomic mass is 9.92. The molecule has 0 spiro atoms. The van der Waals surface area contributed by atoms with Gasteiger partial charge in [0, 0.05) is 6.08 Å². The molecule has 1 aliphatic rings. The molecule has 0 radical (unpaired) electrons. The van der Waals surface area contributed by atoms with Crippen molar-refractivity contribution in [3.8, 4) is 6.07 Å². The van der Waals surface area contributed by atoms with E-state index in [0.717, 1.165) is 31.3 Å². The fourth-order valence-corrected chi connectivity index (χ4v) is 1.27. The summed E-state index contributed by atoms with van der Waals surface area (Å²) in [6.07, 6.45) is 5.06. The second-order valence-electron chi connectivity index (χ2n) is 2.61. The predicted molar refractivity (Wildman–Crippen MR) is 38.2 cm³/mol. The Hall–Kier alpha value is -0.810. The molecule has 1 aliphatic carbocycles. The number of nitriles is 1. The Morgan fingerprint density at radius 3 is 3.00 bits per heavy atom. The van der Waals surface area contributed by atoms with Gasteiger partial charge in [-0.3, -0.25) is 0 Å². The Balaban J connectivity index is 2.58.